The lowest BCUT2D eigenvalue weighted by Crippen LogP contribution is -2.57. The van der Waals surface area contributed by atoms with Gasteiger partial charge in [-0.2, -0.15) is 13.2 Å². The molecule has 0 aliphatic carbocycles. The summed E-state index contributed by atoms with van der Waals surface area (Å²) in [4.78, 5) is 13.4. The van der Waals surface area contributed by atoms with Crippen molar-refractivity contribution in [3.05, 3.63) is 0 Å². The molecule has 1 rings (SSSR count). The smallest absolute Gasteiger partial charge is 0.368 e. The predicted molar refractivity (Wildman–Crippen MR) is 75.7 cm³/mol. The molecule has 124 valence electrons. The lowest BCUT2D eigenvalue weighted by molar-refractivity contribution is -0.188. The number of hydrogen-bond acceptors (Lipinski definition) is 3. The van der Waals surface area contributed by atoms with Gasteiger partial charge in [-0.1, -0.05) is 6.92 Å². The largest absolute Gasteiger partial charge is 0.393 e. The van der Waals surface area contributed by atoms with E-state index in [1.165, 1.54) is 0 Å². The van der Waals surface area contributed by atoms with Crippen molar-refractivity contribution in [3.63, 3.8) is 0 Å². The van der Waals surface area contributed by atoms with Gasteiger partial charge in [0.1, 0.15) is 0 Å². The Hall–Kier alpha value is -0.820. The van der Waals surface area contributed by atoms with Crippen LogP contribution in [0.4, 0.5) is 13.2 Å². The molecule has 1 amide bonds. The van der Waals surface area contributed by atoms with E-state index in [-0.39, 0.29) is 19.0 Å². The molecule has 1 aliphatic rings. The number of amides is 1. The maximum absolute atomic E-state index is 12.9. The molecule has 3 atom stereocenters. The molecule has 0 aromatic carbocycles. The zero-order chi connectivity index (χ0) is 16.3. The molecule has 3 N–H and O–H groups in total. The molecule has 1 fully saturated rings. The first kappa shape index (κ1) is 18.2. The van der Waals surface area contributed by atoms with Gasteiger partial charge in [0.05, 0.1) is 11.5 Å². The molecule has 0 radical (unpaired) electrons. The summed E-state index contributed by atoms with van der Waals surface area (Å²) in [6, 6.07) is -0.133. The fourth-order valence-corrected chi connectivity index (χ4v) is 3.04. The highest BCUT2D eigenvalue weighted by Gasteiger charge is 2.43. The van der Waals surface area contributed by atoms with Crippen LogP contribution in [0.25, 0.3) is 0 Å². The summed E-state index contributed by atoms with van der Waals surface area (Å²) in [6.07, 6.45) is -3.02. The summed E-state index contributed by atoms with van der Waals surface area (Å²) in [5.74, 6) is -1.74. The summed E-state index contributed by atoms with van der Waals surface area (Å²) in [7, 11) is 0. The van der Waals surface area contributed by atoms with Crippen LogP contribution < -0.4 is 11.1 Å². The van der Waals surface area contributed by atoms with Gasteiger partial charge in [0, 0.05) is 12.6 Å². The summed E-state index contributed by atoms with van der Waals surface area (Å²) in [5.41, 5.74) is 4.54. The quantitative estimate of drug-likeness (QED) is 0.788. The number of likely N-dealkylation sites (N-methyl/N-ethyl adjacent to an activating group) is 1. The number of hydrogen-bond donors (Lipinski definition) is 2. The van der Waals surface area contributed by atoms with Crippen molar-refractivity contribution in [2.75, 3.05) is 19.6 Å². The van der Waals surface area contributed by atoms with Crippen molar-refractivity contribution < 1.29 is 18.0 Å². The SMILES string of the molecule is CCNC(C)(CC(C)N1CCCC(C(F)(F)F)C1)C(N)=O. The van der Waals surface area contributed by atoms with Crippen LogP contribution in [0.5, 0.6) is 0 Å². The average Bonchev–Trinajstić information content (AvgIpc) is 2.38. The van der Waals surface area contributed by atoms with E-state index in [1.54, 1.807) is 6.92 Å². The molecule has 3 unspecified atom stereocenters. The van der Waals surface area contributed by atoms with Gasteiger partial charge in [0.25, 0.3) is 0 Å². The van der Waals surface area contributed by atoms with Crippen LogP contribution in [0.3, 0.4) is 0 Å². The number of alkyl halides is 3. The van der Waals surface area contributed by atoms with E-state index >= 15 is 0 Å². The molecule has 0 aromatic heterocycles. The van der Waals surface area contributed by atoms with Crippen molar-refractivity contribution in [2.45, 2.75) is 57.8 Å². The fourth-order valence-electron chi connectivity index (χ4n) is 3.04. The topological polar surface area (TPSA) is 58.4 Å². The lowest BCUT2D eigenvalue weighted by Gasteiger charge is -2.40. The van der Waals surface area contributed by atoms with Crippen LogP contribution in [0.1, 0.15) is 40.0 Å². The number of carbonyl (C=O) groups excluding carboxylic acids is 1. The number of halogens is 3. The van der Waals surface area contributed by atoms with Gasteiger partial charge in [0.2, 0.25) is 5.91 Å². The van der Waals surface area contributed by atoms with Crippen LogP contribution in [-0.4, -0.2) is 48.2 Å². The molecule has 1 saturated heterocycles. The zero-order valence-electron chi connectivity index (χ0n) is 13.0. The number of rotatable bonds is 6. The van der Waals surface area contributed by atoms with Gasteiger partial charge < -0.3 is 11.1 Å². The molecule has 21 heavy (non-hydrogen) atoms. The van der Waals surface area contributed by atoms with Crippen LogP contribution in [0.2, 0.25) is 0 Å². The lowest BCUT2D eigenvalue weighted by atomic mass is 9.89. The Morgan fingerprint density at radius 3 is 2.57 bits per heavy atom. The highest BCUT2D eigenvalue weighted by atomic mass is 19.4. The van der Waals surface area contributed by atoms with Crippen molar-refractivity contribution in [3.8, 4) is 0 Å². The molecular weight excluding hydrogens is 283 g/mol. The minimum absolute atomic E-state index is 0.00559. The highest BCUT2D eigenvalue weighted by molar-refractivity contribution is 5.84. The summed E-state index contributed by atoms with van der Waals surface area (Å²) in [5, 5.41) is 3.05. The molecule has 4 nitrogen and oxygen atoms in total. The van der Waals surface area contributed by atoms with E-state index in [1.807, 2.05) is 18.7 Å². The standard InChI is InChI=1S/C14H26F3N3O/c1-4-19-13(3,12(18)21)8-10(2)20-7-5-6-11(9-20)14(15,16)17/h10-11,19H,4-9H2,1-3H3,(H2,18,21). The maximum Gasteiger partial charge on any atom is 0.393 e. The number of piperidine rings is 1. The van der Waals surface area contributed by atoms with Crippen LogP contribution in [0, 0.1) is 5.92 Å². The Balaban J connectivity index is 2.69. The van der Waals surface area contributed by atoms with E-state index in [0.29, 0.717) is 25.9 Å². The molecule has 0 bridgehead atoms. The minimum Gasteiger partial charge on any atom is -0.368 e. The number of likely N-dealkylation sites (tertiary alicyclic amines) is 1. The highest BCUT2D eigenvalue weighted by Crippen LogP contribution is 2.34. The Bertz CT molecular complexity index is 362. The summed E-state index contributed by atoms with van der Waals surface area (Å²) in [6.45, 7) is 6.65. The fraction of sp³-hybridized carbons (Fsp3) is 0.929. The third-order valence-electron chi connectivity index (χ3n) is 4.35. The number of carbonyl (C=O) groups is 1. The average molecular weight is 309 g/mol. The second kappa shape index (κ2) is 6.96. The molecule has 1 heterocycles. The first-order chi connectivity index (χ1) is 9.60. The van der Waals surface area contributed by atoms with Crippen LogP contribution in [0.15, 0.2) is 0 Å². The van der Waals surface area contributed by atoms with E-state index in [2.05, 4.69) is 5.32 Å². The van der Waals surface area contributed by atoms with Gasteiger partial charge in [-0.25, -0.2) is 0 Å². The number of nitrogens with two attached hydrogens (primary N) is 1. The van der Waals surface area contributed by atoms with E-state index in [0.717, 1.165) is 0 Å². The van der Waals surface area contributed by atoms with Gasteiger partial charge >= 0.3 is 6.18 Å². The monoisotopic (exact) mass is 309 g/mol. The van der Waals surface area contributed by atoms with Gasteiger partial charge in [-0.3, -0.25) is 9.69 Å². The molecule has 7 heteroatoms. The van der Waals surface area contributed by atoms with Crippen molar-refractivity contribution >= 4 is 5.91 Å². The Morgan fingerprint density at radius 2 is 2.10 bits per heavy atom. The summed E-state index contributed by atoms with van der Waals surface area (Å²) < 4.78 is 38.6. The van der Waals surface area contributed by atoms with E-state index in [9.17, 15) is 18.0 Å². The number of primary amides is 1. The zero-order valence-corrected chi connectivity index (χ0v) is 13.0. The molecule has 1 aliphatic heterocycles. The third kappa shape index (κ3) is 4.85. The Kier molecular flexibility index (Phi) is 6.04. The minimum atomic E-state index is -4.15. The van der Waals surface area contributed by atoms with Crippen molar-refractivity contribution in [1.29, 1.82) is 0 Å². The third-order valence-corrected chi connectivity index (χ3v) is 4.35. The second-order valence-corrected chi connectivity index (χ2v) is 6.16. The first-order valence-corrected chi connectivity index (χ1v) is 7.46. The van der Waals surface area contributed by atoms with Gasteiger partial charge in [-0.15, -0.1) is 0 Å². The second-order valence-electron chi connectivity index (χ2n) is 6.16. The van der Waals surface area contributed by atoms with Gasteiger partial charge in [-0.05, 0) is 46.2 Å². The maximum atomic E-state index is 12.9. The Labute approximate surface area is 124 Å². The first-order valence-electron chi connectivity index (χ1n) is 7.46. The predicted octanol–water partition coefficient (Wildman–Crippen LogP) is 1.89. The van der Waals surface area contributed by atoms with Gasteiger partial charge in [0.15, 0.2) is 0 Å². The number of nitrogens with one attached hydrogen (secondary N) is 1. The van der Waals surface area contributed by atoms with Crippen molar-refractivity contribution in [2.24, 2.45) is 11.7 Å². The van der Waals surface area contributed by atoms with Crippen molar-refractivity contribution in [1.82, 2.24) is 10.2 Å². The van der Waals surface area contributed by atoms with E-state index < -0.39 is 23.5 Å². The molecular formula is C14H26F3N3O. The normalized spacial score (nSPS) is 25.3. The number of nitrogens with zero attached hydrogens (tertiary/aromatic N) is 1. The van der Waals surface area contributed by atoms with Crippen LogP contribution >= 0.6 is 0 Å². The van der Waals surface area contributed by atoms with E-state index in [4.69, 9.17) is 5.73 Å². The molecule has 0 saturated carbocycles. The Morgan fingerprint density at radius 1 is 1.48 bits per heavy atom. The summed E-state index contributed by atoms with van der Waals surface area (Å²) >= 11 is 0. The molecule has 0 aromatic rings. The van der Waals surface area contributed by atoms with Crippen LogP contribution in [-0.2, 0) is 4.79 Å². The molecule has 0 spiro atoms.